The number of nitrogens with zero attached hydrogens (tertiary/aromatic N) is 2. The number of esters is 1. The molecule has 0 bridgehead atoms. The summed E-state index contributed by atoms with van der Waals surface area (Å²) >= 11 is 1.42. The van der Waals surface area contributed by atoms with Crippen molar-refractivity contribution < 1.29 is 9.53 Å². The summed E-state index contributed by atoms with van der Waals surface area (Å²) in [7, 11) is 1.40. The first-order valence-corrected chi connectivity index (χ1v) is 6.38. The van der Waals surface area contributed by atoms with Crippen LogP contribution in [0, 0.1) is 0 Å². The van der Waals surface area contributed by atoms with Crippen LogP contribution >= 0.6 is 11.3 Å². The van der Waals surface area contributed by atoms with Gasteiger partial charge in [-0.3, -0.25) is 0 Å². The molecule has 0 aliphatic heterocycles. The molecule has 0 spiro atoms. The van der Waals surface area contributed by atoms with Crippen LogP contribution in [0.4, 0.5) is 5.13 Å². The van der Waals surface area contributed by atoms with Crippen LogP contribution in [-0.4, -0.2) is 30.6 Å². The molecule has 0 saturated heterocycles. The highest BCUT2D eigenvalue weighted by Crippen LogP contribution is 2.34. The largest absolute Gasteiger partial charge is 0.465 e. The van der Waals surface area contributed by atoms with Crippen molar-refractivity contribution >= 4 is 22.4 Å². The lowest BCUT2D eigenvalue weighted by Gasteiger charge is -2.20. The molecule has 1 aliphatic rings. The van der Waals surface area contributed by atoms with Gasteiger partial charge in [0.25, 0.3) is 0 Å². The smallest absolute Gasteiger partial charge is 0.349 e. The third-order valence-corrected chi connectivity index (χ3v) is 3.59. The van der Waals surface area contributed by atoms with Crippen molar-refractivity contribution in [3.63, 3.8) is 0 Å². The molecule has 1 saturated carbocycles. The second-order valence-electron chi connectivity index (χ2n) is 3.92. The molecule has 0 unspecified atom stereocenters. The molecule has 1 fully saturated rings. The van der Waals surface area contributed by atoms with Crippen molar-refractivity contribution in [1.29, 1.82) is 0 Å². The molecule has 0 atom stereocenters. The number of thiazole rings is 1. The number of carbonyl (C=O) groups is 1. The van der Waals surface area contributed by atoms with E-state index in [0.29, 0.717) is 10.9 Å². The van der Waals surface area contributed by atoms with Gasteiger partial charge in [-0.1, -0.05) is 18.3 Å². The summed E-state index contributed by atoms with van der Waals surface area (Å²) in [6, 6.07) is 0.636. The Morgan fingerprint density at radius 3 is 3.00 bits per heavy atom. The summed E-state index contributed by atoms with van der Waals surface area (Å²) in [5, 5.41) is 0.949. The number of methoxy groups -OCH3 is 1. The van der Waals surface area contributed by atoms with E-state index in [1.807, 2.05) is 0 Å². The lowest BCUT2D eigenvalue weighted by molar-refractivity contribution is 0.0606. The van der Waals surface area contributed by atoms with Gasteiger partial charge in [0.15, 0.2) is 5.13 Å². The fourth-order valence-electron chi connectivity index (χ4n) is 1.65. The zero-order valence-corrected chi connectivity index (χ0v) is 10.4. The summed E-state index contributed by atoms with van der Waals surface area (Å²) in [5.41, 5.74) is 0. The first-order valence-electron chi connectivity index (χ1n) is 5.57. The summed E-state index contributed by atoms with van der Waals surface area (Å²) in [4.78, 5) is 18.5. The van der Waals surface area contributed by atoms with Crippen LogP contribution in [0.1, 0.15) is 35.9 Å². The minimum absolute atomic E-state index is 0.295. The summed E-state index contributed by atoms with van der Waals surface area (Å²) in [5.74, 6) is -0.295. The molecule has 16 heavy (non-hydrogen) atoms. The van der Waals surface area contributed by atoms with E-state index in [0.717, 1.165) is 18.1 Å². The van der Waals surface area contributed by atoms with E-state index < -0.39 is 0 Å². The highest BCUT2D eigenvalue weighted by Gasteiger charge is 2.30. The third kappa shape index (κ3) is 2.35. The average Bonchev–Trinajstić information content (AvgIpc) is 3.02. The van der Waals surface area contributed by atoms with Crippen LogP contribution < -0.4 is 4.90 Å². The Morgan fingerprint density at radius 2 is 2.44 bits per heavy atom. The minimum atomic E-state index is -0.295. The molecular weight excluding hydrogens is 224 g/mol. The first kappa shape index (κ1) is 11.4. The van der Waals surface area contributed by atoms with E-state index in [2.05, 4.69) is 21.5 Å². The highest BCUT2D eigenvalue weighted by molar-refractivity contribution is 7.17. The summed E-state index contributed by atoms with van der Waals surface area (Å²) in [6.07, 6.45) is 5.20. The van der Waals surface area contributed by atoms with Crippen LogP contribution in [0.5, 0.6) is 0 Å². The minimum Gasteiger partial charge on any atom is -0.465 e. The quantitative estimate of drug-likeness (QED) is 0.741. The van der Waals surface area contributed by atoms with E-state index in [1.54, 1.807) is 6.20 Å². The highest BCUT2D eigenvalue weighted by atomic mass is 32.1. The van der Waals surface area contributed by atoms with E-state index >= 15 is 0 Å². The van der Waals surface area contributed by atoms with Crippen LogP contribution in [0.2, 0.25) is 0 Å². The number of ether oxygens (including phenoxy) is 1. The van der Waals surface area contributed by atoms with Crippen LogP contribution in [0.15, 0.2) is 6.20 Å². The average molecular weight is 240 g/mol. The molecule has 2 rings (SSSR count). The number of hydrogen-bond acceptors (Lipinski definition) is 5. The van der Waals surface area contributed by atoms with Gasteiger partial charge in [0.05, 0.1) is 13.3 Å². The van der Waals surface area contributed by atoms with Crippen molar-refractivity contribution in [2.24, 2.45) is 0 Å². The standard InChI is InChI=1S/C11H16N2O2S/c1-3-6-13(8-4-5-8)11-12-7-9(16-11)10(14)15-2/h7-8H,3-6H2,1-2H3. The second kappa shape index (κ2) is 4.82. The van der Waals surface area contributed by atoms with Gasteiger partial charge in [-0.2, -0.15) is 0 Å². The molecule has 0 amide bonds. The Morgan fingerprint density at radius 1 is 1.69 bits per heavy atom. The molecule has 0 N–H and O–H groups in total. The topological polar surface area (TPSA) is 42.4 Å². The van der Waals surface area contributed by atoms with E-state index in [4.69, 9.17) is 0 Å². The zero-order chi connectivity index (χ0) is 11.5. The number of carbonyl (C=O) groups excluding carboxylic acids is 1. The van der Waals surface area contributed by atoms with Crippen LogP contribution in [0.25, 0.3) is 0 Å². The monoisotopic (exact) mass is 240 g/mol. The molecule has 1 aliphatic carbocycles. The third-order valence-electron chi connectivity index (χ3n) is 2.58. The lowest BCUT2D eigenvalue weighted by atomic mass is 10.4. The molecule has 1 aromatic heterocycles. The van der Waals surface area contributed by atoms with E-state index in [9.17, 15) is 4.79 Å². The first-order chi connectivity index (χ1) is 7.76. The normalized spacial score (nSPS) is 14.9. The molecule has 1 heterocycles. The molecule has 1 aromatic rings. The molecule has 5 heteroatoms. The molecule has 0 aromatic carbocycles. The van der Waals surface area contributed by atoms with Crippen molar-refractivity contribution in [1.82, 2.24) is 4.98 Å². The number of rotatable bonds is 5. The molecule has 88 valence electrons. The van der Waals surface area contributed by atoms with Crippen molar-refractivity contribution in [3.8, 4) is 0 Å². The maximum atomic E-state index is 11.3. The van der Waals surface area contributed by atoms with Gasteiger partial charge < -0.3 is 9.64 Å². The molecular formula is C11H16N2O2S. The maximum absolute atomic E-state index is 11.3. The SMILES string of the molecule is CCCN(c1ncc(C(=O)OC)s1)C1CC1. The van der Waals surface area contributed by atoms with Crippen LogP contribution in [0.3, 0.4) is 0 Å². The maximum Gasteiger partial charge on any atom is 0.349 e. The summed E-state index contributed by atoms with van der Waals surface area (Å²) in [6.45, 7) is 3.17. The van der Waals surface area contributed by atoms with Crippen molar-refractivity contribution in [2.75, 3.05) is 18.6 Å². The Hall–Kier alpha value is -1.10. The van der Waals surface area contributed by atoms with Gasteiger partial charge in [0, 0.05) is 12.6 Å². The Bertz CT molecular complexity index is 374. The van der Waals surface area contributed by atoms with Crippen molar-refractivity contribution in [3.05, 3.63) is 11.1 Å². The molecule has 4 nitrogen and oxygen atoms in total. The zero-order valence-electron chi connectivity index (χ0n) is 9.60. The van der Waals surface area contributed by atoms with Crippen LogP contribution in [-0.2, 0) is 4.74 Å². The van der Waals surface area contributed by atoms with Gasteiger partial charge in [0.2, 0.25) is 0 Å². The number of anilines is 1. The predicted molar refractivity (Wildman–Crippen MR) is 64.1 cm³/mol. The second-order valence-corrected chi connectivity index (χ2v) is 4.93. The van der Waals surface area contributed by atoms with E-state index in [1.165, 1.54) is 31.3 Å². The van der Waals surface area contributed by atoms with Gasteiger partial charge in [-0.15, -0.1) is 0 Å². The number of hydrogen-bond donors (Lipinski definition) is 0. The van der Waals surface area contributed by atoms with Gasteiger partial charge in [-0.05, 0) is 19.3 Å². The number of aromatic nitrogens is 1. The lowest BCUT2D eigenvalue weighted by Crippen LogP contribution is -2.26. The van der Waals surface area contributed by atoms with Gasteiger partial charge in [-0.25, -0.2) is 9.78 Å². The predicted octanol–water partition coefficient (Wildman–Crippen LogP) is 2.31. The van der Waals surface area contributed by atoms with E-state index in [-0.39, 0.29) is 5.97 Å². The summed E-state index contributed by atoms with van der Waals surface area (Å²) < 4.78 is 4.68. The molecule has 0 radical (unpaired) electrons. The Labute approximate surface area is 99.2 Å². The van der Waals surface area contributed by atoms with Gasteiger partial charge >= 0.3 is 5.97 Å². The fourth-order valence-corrected chi connectivity index (χ4v) is 2.59. The Kier molecular flexibility index (Phi) is 3.43. The van der Waals surface area contributed by atoms with Crippen molar-refractivity contribution in [2.45, 2.75) is 32.2 Å². The van der Waals surface area contributed by atoms with Gasteiger partial charge in [0.1, 0.15) is 4.88 Å². The fraction of sp³-hybridized carbons (Fsp3) is 0.636. The Balaban J connectivity index is 2.12.